The van der Waals surface area contributed by atoms with E-state index >= 15 is 0 Å². The molecule has 0 unspecified atom stereocenters. The summed E-state index contributed by atoms with van der Waals surface area (Å²) in [7, 11) is 0. The second kappa shape index (κ2) is 4.89. The Labute approximate surface area is 91.5 Å². The Kier molecular flexibility index (Phi) is 3.81. The summed E-state index contributed by atoms with van der Waals surface area (Å²) in [5.74, 6) is 4.67. The van der Waals surface area contributed by atoms with Gasteiger partial charge in [-0.05, 0) is 6.07 Å². The Morgan fingerprint density at radius 2 is 2.43 bits per heavy atom. The van der Waals surface area contributed by atoms with Gasteiger partial charge in [0.2, 0.25) is 0 Å². The van der Waals surface area contributed by atoms with Crippen molar-refractivity contribution in [1.82, 2.24) is 4.98 Å². The molecule has 14 heavy (non-hydrogen) atoms. The number of aromatic nitrogens is 1. The van der Waals surface area contributed by atoms with Gasteiger partial charge in [0.1, 0.15) is 5.15 Å². The molecule has 0 aromatic carbocycles. The fourth-order valence-electron chi connectivity index (χ4n) is 0.787. The van der Waals surface area contributed by atoms with Gasteiger partial charge in [-0.25, -0.2) is 9.78 Å². The zero-order valence-electron chi connectivity index (χ0n) is 6.99. The number of thiol groups is 1. The van der Waals surface area contributed by atoms with Crippen LogP contribution in [0.25, 0.3) is 0 Å². The van der Waals surface area contributed by atoms with Crippen molar-refractivity contribution >= 4 is 30.2 Å². The summed E-state index contributed by atoms with van der Waals surface area (Å²) in [5, 5.41) is 8.88. The highest BCUT2D eigenvalue weighted by Crippen LogP contribution is 2.12. The lowest BCUT2D eigenvalue weighted by Gasteiger charge is -1.96. The van der Waals surface area contributed by atoms with Gasteiger partial charge in [-0.2, -0.15) is 12.6 Å². The zero-order valence-corrected chi connectivity index (χ0v) is 8.64. The quantitative estimate of drug-likeness (QED) is 0.436. The van der Waals surface area contributed by atoms with Crippen LogP contribution in [0.2, 0.25) is 5.15 Å². The number of halogens is 1. The van der Waals surface area contributed by atoms with E-state index in [1.54, 1.807) is 0 Å². The number of carbonyl (C=O) groups is 1. The number of hydrogen-bond acceptors (Lipinski definition) is 3. The number of aromatic carboxylic acids is 1. The summed E-state index contributed by atoms with van der Waals surface area (Å²) >= 11 is 9.60. The van der Waals surface area contributed by atoms with Crippen LogP contribution in [0, 0.1) is 11.8 Å². The van der Waals surface area contributed by atoms with Crippen LogP contribution in [0.4, 0.5) is 0 Å². The van der Waals surface area contributed by atoms with Crippen molar-refractivity contribution in [2.45, 2.75) is 0 Å². The lowest BCUT2D eigenvalue weighted by molar-refractivity contribution is 0.0696. The molecule has 0 aliphatic heterocycles. The van der Waals surface area contributed by atoms with E-state index in [0.29, 0.717) is 11.3 Å². The Hall–Kier alpha value is -1.18. The highest BCUT2D eigenvalue weighted by Gasteiger charge is 2.06. The molecule has 0 aliphatic carbocycles. The molecular formula is C9H6ClNO2S. The Bertz CT molecular complexity index is 423. The molecule has 0 atom stereocenters. The Balaban J connectivity index is 3.14. The van der Waals surface area contributed by atoms with Crippen molar-refractivity contribution < 1.29 is 9.90 Å². The van der Waals surface area contributed by atoms with E-state index in [2.05, 4.69) is 29.5 Å². The topological polar surface area (TPSA) is 50.2 Å². The number of hydrogen-bond donors (Lipinski definition) is 2. The van der Waals surface area contributed by atoms with Crippen molar-refractivity contribution in [1.29, 1.82) is 0 Å². The lowest BCUT2D eigenvalue weighted by Crippen LogP contribution is -1.98. The zero-order chi connectivity index (χ0) is 10.6. The van der Waals surface area contributed by atoms with Crippen LogP contribution in [0.1, 0.15) is 15.9 Å². The molecule has 0 spiro atoms. The van der Waals surface area contributed by atoms with E-state index in [9.17, 15) is 4.79 Å². The van der Waals surface area contributed by atoms with Crippen LogP contribution < -0.4 is 0 Å². The summed E-state index contributed by atoms with van der Waals surface area (Å²) in [6, 6.07) is 1.38. The predicted octanol–water partition coefficient (Wildman–Crippen LogP) is 1.71. The van der Waals surface area contributed by atoms with Crippen molar-refractivity contribution in [2.24, 2.45) is 0 Å². The third-order valence-electron chi connectivity index (χ3n) is 1.39. The molecule has 0 fully saturated rings. The smallest absolute Gasteiger partial charge is 0.337 e. The lowest BCUT2D eigenvalue weighted by atomic mass is 10.2. The fourth-order valence-corrected chi connectivity index (χ4v) is 1.02. The number of carboxylic acids is 1. The summed E-state index contributed by atoms with van der Waals surface area (Å²) < 4.78 is 0. The second-order valence-electron chi connectivity index (χ2n) is 2.33. The molecule has 0 bridgehead atoms. The molecule has 0 radical (unpaired) electrons. The van der Waals surface area contributed by atoms with Gasteiger partial charge >= 0.3 is 5.97 Å². The molecule has 5 heteroatoms. The Morgan fingerprint density at radius 1 is 1.71 bits per heavy atom. The van der Waals surface area contributed by atoms with Crippen molar-refractivity contribution in [2.75, 3.05) is 5.75 Å². The maximum Gasteiger partial charge on any atom is 0.337 e. The molecule has 1 aromatic rings. The van der Waals surface area contributed by atoms with Crippen LogP contribution in [0.15, 0.2) is 12.3 Å². The molecule has 3 nitrogen and oxygen atoms in total. The van der Waals surface area contributed by atoms with Gasteiger partial charge in [0.25, 0.3) is 0 Å². The van der Waals surface area contributed by atoms with Crippen molar-refractivity contribution in [3.8, 4) is 11.8 Å². The maximum absolute atomic E-state index is 10.6. The van der Waals surface area contributed by atoms with Crippen LogP contribution in [-0.4, -0.2) is 21.8 Å². The number of nitrogens with zero attached hydrogens (tertiary/aromatic N) is 1. The predicted molar refractivity (Wildman–Crippen MR) is 56.9 cm³/mol. The number of carboxylic acid groups (broad SMARTS) is 1. The van der Waals surface area contributed by atoms with Gasteiger partial charge in [0.15, 0.2) is 0 Å². The van der Waals surface area contributed by atoms with Crippen molar-refractivity contribution in [3.05, 3.63) is 28.5 Å². The van der Waals surface area contributed by atoms with Gasteiger partial charge < -0.3 is 5.11 Å². The Morgan fingerprint density at radius 3 is 3.00 bits per heavy atom. The average molecular weight is 228 g/mol. The van der Waals surface area contributed by atoms with Crippen LogP contribution in [0.5, 0.6) is 0 Å². The highest BCUT2D eigenvalue weighted by molar-refractivity contribution is 7.80. The van der Waals surface area contributed by atoms with E-state index in [-0.39, 0.29) is 10.7 Å². The van der Waals surface area contributed by atoms with E-state index in [0.717, 1.165) is 0 Å². The first-order chi connectivity index (χ1) is 6.65. The normalized spacial score (nSPS) is 9.00. The molecule has 0 amide bonds. The van der Waals surface area contributed by atoms with Gasteiger partial charge in [0.05, 0.1) is 16.9 Å². The second-order valence-corrected chi connectivity index (χ2v) is 3.00. The van der Waals surface area contributed by atoms with E-state index in [4.69, 9.17) is 16.7 Å². The summed E-state index contributed by atoms with van der Waals surface area (Å²) in [4.78, 5) is 14.3. The van der Waals surface area contributed by atoms with Crippen LogP contribution in [-0.2, 0) is 0 Å². The van der Waals surface area contributed by atoms with E-state index in [1.165, 1.54) is 12.3 Å². The third kappa shape index (κ3) is 2.66. The maximum atomic E-state index is 10.6. The molecule has 1 rings (SSSR count). The minimum absolute atomic E-state index is 0.0675. The first kappa shape index (κ1) is 10.9. The molecule has 1 heterocycles. The van der Waals surface area contributed by atoms with Gasteiger partial charge in [-0.1, -0.05) is 23.4 Å². The monoisotopic (exact) mass is 227 g/mol. The minimum Gasteiger partial charge on any atom is -0.478 e. The molecule has 1 N–H and O–H groups in total. The standard InChI is InChI=1S/C9H6ClNO2S/c10-8-6(2-1-3-14)4-7(5-11-8)9(12)13/h4-5,14H,3H2,(H,12,13). The van der Waals surface area contributed by atoms with Gasteiger partial charge in [-0.15, -0.1) is 0 Å². The number of rotatable bonds is 1. The largest absolute Gasteiger partial charge is 0.478 e. The molecule has 0 saturated carbocycles. The van der Waals surface area contributed by atoms with E-state index < -0.39 is 5.97 Å². The molecule has 0 saturated heterocycles. The van der Waals surface area contributed by atoms with E-state index in [1.807, 2.05) is 0 Å². The van der Waals surface area contributed by atoms with Gasteiger partial charge in [-0.3, -0.25) is 0 Å². The van der Waals surface area contributed by atoms with Crippen molar-refractivity contribution in [3.63, 3.8) is 0 Å². The average Bonchev–Trinajstić information content (AvgIpc) is 2.16. The SMILES string of the molecule is O=C(O)c1cnc(Cl)c(C#CCS)c1. The summed E-state index contributed by atoms with van der Waals surface area (Å²) in [5.41, 5.74) is 0.471. The number of pyridine rings is 1. The van der Waals surface area contributed by atoms with Crippen LogP contribution in [0.3, 0.4) is 0 Å². The van der Waals surface area contributed by atoms with Gasteiger partial charge in [0, 0.05) is 6.20 Å². The summed E-state index contributed by atoms with van der Waals surface area (Å²) in [6.45, 7) is 0. The molecular weight excluding hydrogens is 222 g/mol. The molecule has 0 aliphatic rings. The molecule has 72 valence electrons. The first-order valence-electron chi connectivity index (χ1n) is 3.63. The van der Waals surface area contributed by atoms with Crippen LogP contribution >= 0.6 is 24.2 Å². The third-order valence-corrected chi connectivity index (χ3v) is 1.85. The summed E-state index contributed by atoms with van der Waals surface area (Å²) in [6.07, 6.45) is 1.19. The minimum atomic E-state index is -1.05. The highest BCUT2D eigenvalue weighted by atomic mass is 35.5. The molecule has 1 aromatic heterocycles. The first-order valence-corrected chi connectivity index (χ1v) is 4.64. The fraction of sp³-hybridized carbons (Fsp3) is 0.111.